The second-order valence-electron chi connectivity index (χ2n) is 6.60. The first-order valence-electron chi connectivity index (χ1n) is 6.97. The molecule has 3 atom stereocenters. The van der Waals surface area contributed by atoms with E-state index < -0.39 is 0 Å². The average Bonchev–Trinajstić information content (AvgIpc) is 2.28. The monoisotopic (exact) mass is 240 g/mol. The van der Waals surface area contributed by atoms with Gasteiger partial charge in [0, 0.05) is 44.2 Å². The van der Waals surface area contributed by atoms with Crippen molar-refractivity contribution in [2.24, 2.45) is 11.3 Å². The molecule has 0 aromatic rings. The third kappa shape index (κ3) is 2.38. The third-order valence-corrected chi connectivity index (χ3v) is 4.89. The van der Waals surface area contributed by atoms with Crippen LogP contribution in [-0.2, 0) is 4.74 Å². The molecule has 0 radical (unpaired) electrons. The lowest BCUT2D eigenvalue weighted by Gasteiger charge is -2.57. The maximum atomic E-state index is 5.55. The van der Waals surface area contributed by atoms with Crippen LogP contribution in [0.3, 0.4) is 0 Å². The molecule has 0 amide bonds. The summed E-state index contributed by atoms with van der Waals surface area (Å²) in [6.45, 7) is 12.8. The van der Waals surface area contributed by atoms with Gasteiger partial charge in [0.2, 0.25) is 0 Å². The molecule has 0 spiro atoms. The zero-order chi connectivity index (χ0) is 12.6. The Balaban J connectivity index is 1.95. The number of rotatable bonds is 3. The molecule has 17 heavy (non-hydrogen) atoms. The Morgan fingerprint density at radius 3 is 2.59 bits per heavy atom. The van der Waals surface area contributed by atoms with E-state index in [4.69, 9.17) is 4.74 Å². The molecule has 1 saturated heterocycles. The van der Waals surface area contributed by atoms with Gasteiger partial charge in [0.15, 0.2) is 0 Å². The molecule has 0 bridgehead atoms. The van der Waals surface area contributed by atoms with Gasteiger partial charge in [0.1, 0.15) is 0 Å². The van der Waals surface area contributed by atoms with Crippen LogP contribution < -0.4 is 5.32 Å². The van der Waals surface area contributed by atoms with Crippen LogP contribution in [0.15, 0.2) is 0 Å². The van der Waals surface area contributed by atoms with Crippen molar-refractivity contribution in [3.63, 3.8) is 0 Å². The normalized spacial score (nSPS) is 38.1. The Kier molecular flexibility index (Phi) is 3.81. The van der Waals surface area contributed by atoms with Crippen LogP contribution in [0, 0.1) is 11.3 Å². The summed E-state index contributed by atoms with van der Waals surface area (Å²) in [5.41, 5.74) is 0.313. The largest absolute Gasteiger partial charge is 0.381 e. The summed E-state index contributed by atoms with van der Waals surface area (Å²) in [6, 6.07) is 1.36. The first-order chi connectivity index (χ1) is 7.96. The van der Waals surface area contributed by atoms with Crippen molar-refractivity contribution in [1.29, 1.82) is 0 Å². The minimum Gasteiger partial charge on any atom is -0.381 e. The van der Waals surface area contributed by atoms with Gasteiger partial charge in [-0.05, 0) is 12.3 Å². The van der Waals surface area contributed by atoms with E-state index in [1.807, 2.05) is 7.11 Å². The molecule has 100 valence electrons. The first-order valence-corrected chi connectivity index (χ1v) is 6.97. The van der Waals surface area contributed by atoms with Crippen molar-refractivity contribution in [2.75, 3.05) is 26.7 Å². The molecule has 2 rings (SSSR count). The zero-order valence-corrected chi connectivity index (χ0v) is 12.0. The van der Waals surface area contributed by atoms with E-state index in [9.17, 15) is 0 Å². The van der Waals surface area contributed by atoms with E-state index in [0.29, 0.717) is 23.6 Å². The predicted molar refractivity (Wildman–Crippen MR) is 71.2 cm³/mol. The van der Waals surface area contributed by atoms with E-state index in [1.165, 1.54) is 19.5 Å². The molecule has 3 unspecified atom stereocenters. The van der Waals surface area contributed by atoms with Crippen LogP contribution in [0.2, 0.25) is 0 Å². The number of ether oxygens (including phenoxy) is 1. The molecular weight excluding hydrogens is 212 g/mol. The van der Waals surface area contributed by atoms with Gasteiger partial charge in [-0.1, -0.05) is 27.7 Å². The van der Waals surface area contributed by atoms with Crippen molar-refractivity contribution in [3.05, 3.63) is 0 Å². The molecule has 0 aromatic carbocycles. The number of hydrogen-bond acceptors (Lipinski definition) is 3. The lowest BCUT2D eigenvalue weighted by atomic mass is 9.63. The summed E-state index contributed by atoms with van der Waals surface area (Å²) in [4.78, 5) is 2.68. The van der Waals surface area contributed by atoms with Crippen molar-refractivity contribution >= 4 is 0 Å². The summed E-state index contributed by atoms with van der Waals surface area (Å²) < 4.78 is 5.55. The Labute approximate surface area is 106 Å². The fourth-order valence-electron chi connectivity index (χ4n) is 3.42. The number of piperazine rings is 1. The molecule has 1 heterocycles. The molecule has 2 fully saturated rings. The van der Waals surface area contributed by atoms with Crippen molar-refractivity contribution in [1.82, 2.24) is 10.2 Å². The van der Waals surface area contributed by atoms with E-state index in [2.05, 4.69) is 37.9 Å². The molecular formula is C14H28N2O. The highest BCUT2D eigenvalue weighted by Gasteiger charge is 2.51. The van der Waals surface area contributed by atoms with Crippen molar-refractivity contribution in [3.8, 4) is 0 Å². The second kappa shape index (κ2) is 4.87. The lowest BCUT2D eigenvalue weighted by molar-refractivity contribution is -0.142. The zero-order valence-electron chi connectivity index (χ0n) is 12.0. The summed E-state index contributed by atoms with van der Waals surface area (Å²) in [6.07, 6.45) is 1.65. The fraction of sp³-hybridized carbons (Fsp3) is 1.00. The summed E-state index contributed by atoms with van der Waals surface area (Å²) >= 11 is 0. The van der Waals surface area contributed by atoms with Crippen LogP contribution in [-0.4, -0.2) is 49.8 Å². The highest BCUT2D eigenvalue weighted by Crippen LogP contribution is 2.45. The molecule has 3 nitrogen and oxygen atoms in total. The maximum absolute atomic E-state index is 5.55. The third-order valence-electron chi connectivity index (χ3n) is 4.89. The fourth-order valence-corrected chi connectivity index (χ4v) is 3.42. The molecule has 3 heteroatoms. The van der Waals surface area contributed by atoms with Crippen molar-refractivity contribution < 1.29 is 4.74 Å². The summed E-state index contributed by atoms with van der Waals surface area (Å²) in [5, 5.41) is 3.63. The maximum Gasteiger partial charge on any atom is 0.0652 e. The van der Waals surface area contributed by atoms with E-state index in [1.54, 1.807) is 0 Å². The van der Waals surface area contributed by atoms with Crippen LogP contribution >= 0.6 is 0 Å². The van der Waals surface area contributed by atoms with Gasteiger partial charge < -0.3 is 10.1 Å². The highest BCUT2D eigenvalue weighted by molar-refractivity contribution is 5.05. The molecule has 0 aromatic heterocycles. The molecule has 1 saturated carbocycles. The smallest absolute Gasteiger partial charge is 0.0652 e. The van der Waals surface area contributed by atoms with Gasteiger partial charge in [0.25, 0.3) is 0 Å². The van der Waals surface area contributed by atoms with E-state index in [-0.39, 0.29) is 0 Å². The van der Waals surface area contributed by atoms with Crippen LogP contribution in [0.1, 0.15) is 34.1 Å². The lowest BCUT2D eigenvalue weighted by Crippen LogP contribution is -2.66. The summed E-state index contributed by atoms with van der Waals surface area (Å²) in [5.74, 6) is 0.721. The van der Waals surface area contributed by atoms with Gasteiger partial charge in [-0.15, -0.1) is 0 Å². The van der Waals surface area contributed by atoms with Crippen molar-refractivity contribution in [2.45, 2.75) is 52.3 Å². The standard InChI is InChI=1S/C14H28N2O/c1-10(2)11-9-16(7-6-15-11)12-8-13(17-5)14(12,3)4/h10-13,15H,6-9H2,1-5H3. The van der Waals surface area contributed by atoms with Crippen LogP contribution in [0.5, 0.6) is 0 Å². The first kappa shape index (κ1) is 13.3. The van der Waals surface area contributed by atoms with Gasteiger partial charge in [-0.3, -0.25) is 4.90 Å². The van der Waals surface area contributed by atoms with Gasteiger partial charge in [-0.25, -0.2) is 0 Å². The minimum atomic E-state index is 0.313. The second-order valence-corrected chi connectivity index (χ2v) is 6.60. The average molecular weight is 240 g/mol. The quantitative estimate of drug-likeness (QED) is 0.813. The SMILES string of the molecule is COC1CC(N2CCNC(C(C)C)C2)C1(C)C. The Morgan fingerprint density at radius 2 is 2.06 bits per heavy atom. The summed E-state index contributed by atoms with van der Waals surface area (Å²) in [7, 11) is 1.84. The van der Waals surface area contributed by atoms with Crippen LogP contribution in [0.25, 0.3) is 0 Å². The highest BCUT2D eigenvalue weighted by atomic mass is 16.5. The number of hydrogen-bond donors (Lipinski definition) is 1. The number of nitrogens with zero attached hydrogens (tertiary/aromatic N) is 1. The van der Waals surface area contributed by atoms with E-state index >= 15 is 0 Å². The van der Waals surface area contributed by atoms with Gasteiger partial charge in [0.05, 0.1) is 6.10 Å². The van der Waals surface area contributed by atoms with Gasteiger partial charge in [-0.2, -0.15) is 0 Å². The van der Waals surface area contributed by atoms with Gasteiger partial charge >= 0.3 is 0 Å². The number of nitrogens with one attached hydrogen (secondary N) is 1. The Morgan fingerprint density at radius 1 is 1.35 bits per heavy atom. The topological polar surface area (TPSA) is 24.5 Å². The predicted octanol–water partition coefficient (Wildman–Crippen LogP) is 1.73. The Bertz CT molecular complexity index is 265. The Hall–Kier alpha value is -0.120. The van der Waals surface area contributed by atoms with Crippen LogP contribution in [0.4, 0.5) is 0 Å². The molecule has 1 aliphatic heterocycles. The molecule has 2 aliphatic rings. The number of methoxy groups -OCH3 is 1. The minimum absolute atomic E-state index is 0.313. The molecule has 1 N–H and O–H groups in total. The molecule has 1 aliphatic carbocycles. The van der Waals surface area contributed by atoms with E-state index in [0.717, 1.165) is 12.5 Å².